The largest absolute Gasteiger partial charge is 0.339 e. The van der Waals surface area contributed by atoms with Crippen LogP contribution < -0.4 is 5.32 Å². The lowest BCUT2D eigenvalue weighted by Crippen LogP contribution is -2.44. The van der Waals surface area contributed by atoms with Gasteiger partial charge in [0, 0.05) is 25.8 Å². The monoisotopic (exact) mass is 248 g/mol. The molecule has 1 atom stereocenters. The number of likely N-dealkylation sites (N-methyl/N-ethyl adjacent to an activating group) is 1. The van der Waals surface area contributed by atoms with E-state index in [1.54, 1.807) is 17.3 Å². The average molecular weight is 248 g/mol. The van der Waals surface area contributed by atoms with E-state index in [0.717, 1.165) is 25.2 Å². The van der Waals surface area contributed by atoms with Gasteiger partial charge in [-0.1, -0.05) is 6.42 Å². The van der Waals surface area contributed by atoms with E-state index in [1.165, 1.54) is 12.8 Å². The van der Waals surface area contributed by atoms with E-state index in [9.17, 15) is 4.79 Å². The van der Waals surface area contributed by atoms with Gasteiger partial charge in [0.25, 0.3) is 5.91 Å². The van der Waals surface area contributed by atoms with Gasteiger partial charge in [-0.05, 0) is 26.3 Å². The molecule has 0 radical (unpaired) electrons. The van der Waals surface area contributed by atoms with Crippen molar-refractivity contribution in [1.29, 1.82) is 0 Å². The SMILES string of the molecule is Cc1cnc(C(=O)N(C)CC2CCCCN2)cn1. The Hall–Kier alpha value is -1.49. The lowest BCUT2D eigenvalue weighted by Gasteiger charge is -2.28. The summed E-state index contributed by atoms with van der Waals surface area (Å²) in [5, 5.41) is 3.44. The van der Waals surface area contributed by atoms with Crippen LogP contribution in [0, 0.1) is 6.92 Å². The molecule has 0 aliphatic carbocycles. The number of amides is 1. The van der Waals surface area contributed by atoms with Crippen molar-refractivity contribution in [3.8, 4) is 0 Å². The van der Waals surface area contributed by atoms with Gasteiger partial charge < -0.3 is 10.2 Å². The summed E-state index contributed by atoms with van der Waals surface area (Å²) in [5.74, 6) is -0.0603. The first-order chi connectivity index (χ1) is 8.66. The van der Waals surface area contributed by atoms with Gasteiger partial charge in [-0.2, -0.15) is 0 Å². The molecule has 1 N–H and O–H groups in total. The third-order valence-corrected chi connectivity index (χ3v) is 3.25. The van der Waals surface area contributed by atoms with Gasteiger partial charge in [0.15, 0.2) is 0 Å². The molecule has 1 saturated heterocycles. The summed E-state index contributed by atoms with van der Waals surface area (Å²) < 4.78 is 0. The van der Waals surface area contributed by atoms with Crippen LogP contribution in [0.25, 0.3) is 0 Å². The van der Waals surface area contributed by atoms with Crippen molar-refractivity contribution in [2.24, 2.45) is 0 Å². The molecule has 1 aromatic rings. The molecule has 5 heteroatoms. The second kappa shape index (κ2) is 5.91. The molecule has 1 fully saturated rings. The van der Waals surface area contributed by atoms with Gasteiger partial charge in [-0.25, -0.2) is 4.98 Å². The van der Waals surface area contributed by atoms with E-state index in [0.29, 0.717) is 11.7 Å². The van der Waals surface area contributed by atoms with Crippen LogP contribution in [0.15, 0.2) is 12.4 Å². The van der Waals surface area contributed by atoms with Crippen LogP contribution >= 0.6 is 0 Å². The smallest absolute Gasteiger partial charge is 0.273 e. The summed E-state index contributed by atoms with van der Waals surface area (Å²) in [6.07, 6.45) is 6.78. The number of hydrogen-bond donors (Lipinski definition) is 1. The Morgan fingerprint density at radius 2 is 2.28 bits per heavy atom. The highest BCUT2D eigenvalue weighted by Gasteiger charge is 2.19. The van der Waals surface area contributed by atoms with Gasteiger partial charge in [0.1, 0.15) is 5.69 Å². The van der Waals surface area contributed by atoms with Crippen LogP contribution in [0.2, 0.25) is 0 Å². The van der Waals surface area contributed by atoms with Crippen LogP contribution in [-0.2, 0) is 0 Å². The molecule has 0 saturated carbocycles. The number of carbonyl (C=O) groups excluding carboxylic acids is 1. The van der Waals surface area contributed by atoms with E-state index in [1.807, 2.05) is 14.0 Å². The molecule has 1 amide bonds. The molecule has 1 unspecified atom stereocenters. The Kier molecular flexibility index (Phi) is 4.25. The topological polar surface area (TPSA) is 58.1 Å². The number of aryl methyl sites for hydroxylation is 1. The zero-order chi connectivity index (χ0) is 13.0. The quantitative estimate of drug-likeness (QED) is 0.867. The van der Waals surface area contributed by atoms with Crippen molar-refractivity contribution in [2.45, 2.75) is 32.2 Å². The predicted molar refractivity (Wildman–Crippen MR) is 69.4 cm³/mol. The predicted octanol–water partition coefficient (Wildman–Crippen LogP) is 0.999. The zero-order valence-corrected chi connectivity index (χ0v) is 11.0. The Bertz CT molecular complexity index is 398. The number of rotatable bonds is 3. The molecule has 1 aromatic heterocycles. The second-order valence-corrected chi connectivity index (χ2v) is 4.88. The first-order valence-electron chi connectivity index (χ1n) is 6.44. The molecule has 2 heterocycles. The highest BCUT2D eigenvalue weighted by atomic mass is 16.2. The standard InChI is InChI=1S/C13H20N4O/c1-10-7-16-12(8-15-10)13(18)17(2)9-11-5-3-4-6-14-11/h7-8,11,14H,3-6,9H2,1-2H3. The molecule has 1 aliphatic heterocycles. The molecule has 2 rings (SSSR count). The lowest BCUT2D eigenvalue weighted by molar-refractivity contribution is 0.0769. The lowest BCUT2D eigenvalue weighted by atomic mass is 10.0. The summed E-state index contributed by atoms with van der Waals surface area (Å²) in [7, 11) is 1.82. The molecule has 5 nitrogen and oxygen atoms in total. The normalized spacial score (nSPS) is 19.6. The molecule has 1 aliphatic rings. The minimum absolute atomic E-state index is 0.0603. The van der Waals surface area contributed by atoms with Crippen LogP contribution in [0.4, 0.5) is 0 Å². The van der Waals surface area contributed by atoms with E-state index in [4.69, 9.17) is 0 Å². The summed E-state index contributed by atoms with van der Waals surface area (Å²) in [6, 6.07) is 0.408. The fourth-order valence-electron chi connectivity index (χ4n) is 2.19. The number of carbonyl (C=O) groups is 1. The minimum atomic E-state index is -0.0603. The number of piperidine rings is 1. The van der Waals surface area contributed by atoms with Crippen molar-refractivity contribution >= 4 is 5.91 Å². The Morgan fingerprint density at radius 1 is 1.44 bits per heavy atom. The molecule has 0 spiro atoms. The van der Waals surface area contributed by atoms with Gasteiger partial charge in [0.05, 0.1) is 11.9 Å². The van der Waals surface area contributed by atoms with E-state index in [-0.39, 0.29) is 5.91 Å². The summed E-state index contributed by atoms with van der Waals surface area (Å²) in [4.78, 5) is 22.1. The van der Waals surface area contributed by atoms with Crippen LogP contribution in [0.3, 0.4) is 0 Å². The van der Waals surface area contributed by atoms with Gasteiger partial charge in [-0.15, -0.1) is 0 Å². The molecular formula is C13H20N4O. The van der Waals surface area contributed by atoms with Crippen molar-refractivity contribution in [3.05, 3.63) is 23.8 Å². The molecular weight excluding hydrogens is 228 g/mol. The first-order valence-corrected chi connectivity index (χ1v) is 6.44. The molecule has 0 aromatic carbocycles. The molecule has 18 heavy (non-hydrogen) atoms. The second-order valence-electron chi connectivity index (χ2n) is 4.88. The maximum absolute atomic E-state index is 12.1. The zero-order valence-electron chi connectivity index (χ0n) is 11.0. The highest BCUT2D eigenvalue weighted by molar-refractivity contribution is 5.91. The Balaban J connectivity index is 1.93. The van der Waals surface area contributed by atoms with Crippen molar-refractivity contribution in [1.82, 2.24) is 20.2 Å². The van der Waals surface area contributed by atoms with Crippen molar-refractivity contribution < 1.29 is 4.79 Å². The van der Waals surface area contributed by atoms with Crippen molar-refractivity contribution in [3.63, 3.8) is 0 Å². The third-order valence-electron chi connectivity index (χ3n) is 3.25. The summed E-state index contributed by atoms with van der Waals surface area (Å²) in [6.45, 7) is 3.64. The Morgan fingerprint density at radius 3 is 2.89 bits per heavy atom. The fraction of sp³-hybridized carbons (Fsp3) is 0.615. The molecule has 98 valence electrons. The van der Waals surface area contributed by atoms with E-state index < -0.39 is 0 Å². The summed E-state index contributed by atoms with van der Waals surface area (Å²) >= 11 is 0. The third kappa shape index (κ3) is 3.26. The Labute approximate surface area is 108 Å². The fourth-order valence-corrected chi connectivity index (χ4v) is 2.19. The maximum Gasteiger partial charge on any atom is 0.273 e. The minimum Gasteiger partial charge on any atom is -0.339 e. The van der Waals surface area contributed by atoms with E-state index in [2.05, 4.69) is 15.3 Å². The number of nitrogens with one attached hydrogen (secondary N) is 1. The average Bonchev–Trinajstić information content (AvgIpc) is 2.40. The highest BCUT2D eigenvalue weighted by Crippen LogP contribution is 2.09. The number of hydrogen-bond acceptors (Lipinski definition) is 4. The van der Waals surface area contributed by atoms with Crippen LogP contribution in [-0.4, -0.2) is 47.0 Å². The van der Waals surface area contributed by atoms with E-state index >= 15 is 0 Å². The number of aromatic nitrogens is 2. The molecule has 0 bridgehead atoms. The van der Waals surface area contributed by atoms with Crippen molar-refractivity contribution in [2.75, 3.05) is 20.1 Å². The number of nitrogens with zero attached hydrogens (tertiary/aromatic N) is 3. The van der Waals surface area contributed by atoms with Gasteiger partial charge >= 0.3 is 0 Å². The first kappa shape index (κ1) is 13.0. The summed E-state index contributed by atoms with van der Waals surface area (Å²) in [5.41, 5.74) is 1.24. The van der Waals surface area contributed by atoms with Crippen LogP contribution in [0.5, 0.6) is 0 Å². The van der Waals surface area contributed by atoms with Crippen LogP contribution in [0.1, 0.15) is 35.4 Å². The maximum atomic E-state index is 12.1. The van der Waals surface area contributed by atoms with Gasteiger partial charge in [-0.3, -0.25) is 9.78 Å². The van der Waals surface area contributed by atoms with Gasteiger partial charge in [0.2, 0.25) is 0 Å².